The summed E-state index contributed by atoms with van der Waals surface area (Å²) in [5.41, 5.74) is 11.3. The van der Waals surface area contributed by atoms with Crippen LogP contribution in [-0.2, 0) is 25.6 Å². The first-order valence-electron chi connectivity index (χ1n) is 11.9. The Kier molecular flexibility index (Phi) is 12.0. The number of amides is 3. The molecule has 0 aromatic heterocycles. The molecule has 0 radical (unpaired) electrons. The smallest absolute Gasteiger partial charge is 0.327 e. The van der Waals surface area contributed by atoms with Crippen LogP contribution in [0.25, 0.3) is 0 Å². The lowest BCUT2D eigenvalue weighted by molar-refractivity contribution is -0.141. The minimum absolute atomic E-state index is 0.00953. The Morgan fingerprint density at radius 1 is 1.05 bits per heavy atom. The van der Waals surface area contributed by atoms with Gasteiger partial charge in [0, 0.05) is 18.7 Å². The van der Waals surface area contributed by atoms with Crippen LogP contribution in [0.5, 0.6) is 5.75 Å². The molecule has 3 amide bonds. The maximum Gasteiger partial charge on any atom is 0.327 e. The average molecular weight is 538 g/mol. The maximum absolute atomic E-state index is 13.3. The molecule has 10 N–H and O–H groups in total. The van der Waals surface area contributed by atoms with Crippen molar-refractivity contribution in [1.29, 1.82) is 0 Å². The second-order valence-electron chi connectivity index (χ2n) is 8.67. The number of phenols is 1. The molecule has 0 saturated carbocycles. The summed E-state index contributed by atoms with van der Waals surface area (Å²) in [7, 11) is 0. The molecule has 1 aromatic carbocycles. The first kappa shape index (κ1) is 29.7. The second kappa shape index (κ2) is 14.9. The third-order valence-electron chi connectivity index (χ3n) is 5.76. The zero-order valence-electron chi connectivity index (χ0n) is 20.4. The Balaban J connectivity index is 2.20. The molecule has 4 unspecified atom stereocenters. The quantitative estimate of drug-likeness (QED) is 0.0565. The lowest BCUT2D eigenvalue weighted by atomic mass is 10.0. The van der Waals surface area contributed by atoms with Crippen molar-refractivity contribution in [3.05, 3.63) is 29.8 Å². The van der Waals surface area contributed by atoms with E-state index in [0.717, 1.165) is 6.42 Å². The van der Waals surface area contributed by atoms with Crippen LogP contribution in [0.3, 0.4) is 0 Å². The van der Waals surface area contributed by atoms with Crippen LogP contribution < -0.4 is 32.7 Å². The number of aliphatic carboxylic acids is 1. The van der Waals surface area contributed by atoms with E-state index < -0.39 is 42.0 Å². The first-order chi connectivity index (χ1) is 17.6. The molecule has 1 aromatic rings. The molecular formula is C23H35N7O6S. The number of carboxylic acids is 1. The maximum atomic E-state index is 13.3. The summed E-state index contributed by atoms with van der Waals surface area (Å²) >= 11 is 3.96. The number of guanidine groups is 1. The predicted molar refractivity (Wildman–Crippen MR) is 140 cm³/mol. The molecule has 13 nitrogen and oxygen atoms in total. The van der Waals surface area contributed by atoms with E-state index in [-0.39, 0.29) is 42.8 Å². The van der Waals surface area contributed by atoms with Crippen molar-refractivity contribution >= 4 is 42.3 Å². The Morgan fingerprint density at radius 2 is 1.70 bits per heavy atom. The monoisotopic (exact) mass is 537 g/mol. The summed E-state index contributed by atoms with van der Waals surface area (Å²) in [4.78, 5) is 54.3. The number of hydrogen-bond acceptors (Lipinski definition) is 8. The fourth-order valence-electron chi connectivity index (χ4n) is 3.76. The molecule has 0 bridgehead atoms. The number of thiol groups is 1. The molecule has 1 fully saturated rings. The lowest BCUT2D eigenvalue weighted by Crippen LogP contribution is -2.57. The third kappa shape index (κ3) is 10.2. The number of aromatic hydroxyl groups is 1. The molecule has 0 spiro atoms. The van der Waals surface area contributed by atoms with E-state index in [2.05, 4.69) is 38.9 Å². The van der Waals surface area contributed by atoms with E-state index in [0.29, 0.717) is 24.9 Å². The minimum atomic E-state index is -1.27. The van der Waals surface area contributed by atoms with Crippen LogP contribution in [0.15, 0.2) is 29.3 Å². The van der Waals surface area contributed by atoms with Crippen LogP contribution >= 0.6 is 12.6 Å². The Morgan fingerprint density at radius 3 is 2.27 bits per heavy atom. The van der Waals surface area contributed by atoms with Crippen molar-refractivity contribution in [2.24, 2.45) is 16.5 Å². The van der Waals surface area contributed by atoms with Crippen LogP contribution in [0.4, 0.5) is 0 Å². The van der Waals surface area contributed by atoms with Gasteiger partial charge in [-0.2, -0.15) is 12.6 Å². The Hall–Kier alpha value is -3.52. The number of rotatable bonds is 14. The van der Waals surface area contributed by atoms with E-state index in [1.54, 1.807) is 12.1 Å². The molecule has 2 rings (SSSR count). The molecule has 14 heteroatoms. The number of nitrogens with one attached hydrogen (secondary N) is 4. The zero-order chi connectivity index (χ0) is 27.4. The molecule has 0 aliphatic carbocycles. The Bertz CT molecular complexity index is 965. The highest BCUT2D eigenvalue weighted by atomic mass is 32.1. The number of carboxylic acid groups (broad SMARTS) is 1. The van der Waals surface area contributed by atoms with Gasteiger partial charge in [0.05, 0.1) is 6.04 Å². The summed E-state index contributed by atoms with van der Waals surface area (Å²) in [6.07, 6.45) is 2.06. The number of phenolic OH excluding ortho intramolecular Hbond substituents is 1. The van der Waals surface area contributed by atoms with Crippen LogP contribution in [0.1, 0.15) is 31.2 Å². The largest absolute Gasteiger partial charge is 0.508 e. The van der Waals surface area contributed by atoms with Gasteiger partial charge < -0.3 is 42.9 Å². The van der Waals surface area contributed by atoms with E-state index >= 15 is 0 Å². The Labute approximate surface area is 220 Å². The molecule has 1 saturated heterocycles. The number of carbonyl (C=O) groups excluding carboxylic acids is 3. The molecule has 37 heavy (non-hydrogen) atoms. The highest BCUT2D eigenvalue weighted by Crippen LogP contribution is 2.13. The normalized spacial score (nSPS) is 17.2. The molecule has 1 aliphatic rings. The number of nitrogens with zero attached hydrogens (tertiary/aromatic N) is 1. The number of benzene rings is 1. The van der Waals surface area contributed by atoms with E-state index in [9.17, 15) is 29.4 Å². The summed E-state index contributed by atoms with van der Waals surface area (Å²) < 4.78 is 0. The first-order valence-corrected chi connectivity index (χ1v) is 12.6. The summed E-state index contributed by atoms with van der Waals surface area (Å²) in [6.45, 7) is 0.938. The van der Waals surface area contributed by atoms with Crippen LogP contribution in [0, 0.1) is 0 Å². The van der Waals surface area contributed by atoms with Gasteiger partial charge in [-0.1, -0.05) is 12.1 Å². The second-order valence-corrected chi connectivity index (χ2v) is 9.04. The zero-order valence-corrected chi connectivity index (χ0v) is 21.2. The van der Waals surface area contributed by atoms with Gasteiger partial charge in [-0.3, -0.25) is 19.4 Å². The fraction of sp³-hybridized carbons (Fsp3) is 0.522. The van der Waals surface area contributed by atoms with Crippen molar-refractivity contribution in [1.82, 2.24) is 21.3 Å². The average Bonchev–Trinajstić information content (AvgIpc) is 3.40. The number of hydrogen-bond donors (Lipinski definition) is 9. The molecular weight excluding hydrogens is 502 g/mol. The van der Waals surface area contributed by atoms with Gasteiger partial charge in [0.15, 0.2) is 5.96 Å². The number of carbonyl (C=O) groups is 4. The minimum Gasteiger partial charge on any atom is -0.508 e. The van der Waals surface area contributed by atoms with Crippen molar-refractivity contribution in [3.8, 4) is 5.75 Å². The molecule has 1 aliphatic heterocycles. The predicted octanol–water partition coefficient (Wildman–Crippen LogP) is -1.79. The number of nitrogens with two attached hydrogens (primary N) is 2. The third-order valence-corrected chi connectivity index (χ3v) is 6.13. The molecule has 4 atom stereocenters. The van der Waals surface area contributed by atoms with Gasteiger partial charge >= 0.3 is 5.97 Å². The summed E-state index contributed by atoms with van der Waals surface area (Å²) in [5.74, 6) is -3.17. The van der Waals surface area contributed by atoms with E-state index in [1.165, 1.54) is 12.1 Å². The fourth-order valence-corrected chi connectivity index (χ4v) is 4.01. The van der Waals surface area contributed by atoms with Crippen molar-refractivity contribution in [3.63, 3.8) is 0 Å². The van der Waals surface area contributed by atoms with Gasteiger partial charge in [-0.05, 0) is 49.9 Å². The van der Waals surface area contributed by atoms with Crippen LogP contribution in [0.2, 0.25) is 0 Å². The van der Waals surface area contributed by atoms with Gasteiger partial charge in [0.1, 0.15) is 23.9 Å². The van der Waals surface area contributed by atoms with E-state index in [1.807, 2.05) is 0 Å². The van der Waals surface area contributed by atoms with E-state index in [4.69, 9.17) is 11.5 Å². The van der Waals surface area contributed by atoms with Gasteiger partial charge in [-0.25, -0.2) is 4.79 Å². The van der Waals surface area contributed by atoms with Crippen molar-refractivity contribution < 1.29 is 29.4 Å². The van der Waals surface area contributed by atoms with Gasteiger partial charge in [0.25, 0.3) is 0 Å². The van der Waals surface area contributed by atoms with Crippen molar-refractivity contribution in [2.45, 2.75) is 56.3 Å². The highest BCUT2D eigenvalue weighted by Gasteiger charge is 2.31. The summed E-state index contributed by atoms with van der Waals surface area (Å²) in [6, 6.07) is 2.18. The van der Waals surface area contributed by atoms with Gasteiger partial charge in [-0.15, -0.1) is 0 Å². The SMILES string of the molecule is NC(N)=NCCCC(NC(=O)C1CCCN1)C(=O)NC(Cc1ccc(O)cc1)C(=O)NC(CS)C(=O)O. The van der Waals surface area contributed by atoms with Gasteiger partial charge in [0.2, 0.25) is 17.7 Å². The summed E-state index contributed by atoms with van der Waals surface area (Å²) in [5, 5.41) is 29.7. The van der Waals surface area contributed by atoms with Crippen molar-refractivity contribution in [2.75, 3.05) is 18.8 Å². The lowest BCUT2D eigenvalue weighted by Gasteiger charge is -2.25. The standard InChI is InChI=1S/C23H35N7O6S/c24-23(25)27-10-2-4-16(28-19(32)15-3-1-9-26-15)20(33)29-17(11-13-5-7-14(31)8-6-13)21(34)30-18(12-37)22(35)36/h5-8,15-18,26,31,37H,1-4,9-12H2,(H,28,32)(H,29,33)(H,30,34)(H,35,36)(H4,24,25,27). The highest BCUT2D eigenvalue weighted by molar-refractivity contribution is 7.80. The topological polar surface area (TPSA) is 221 Å². The molecule has 204 valence electrons. The number of aliphatic imine (C=N–C) groups is 1. The molecule has 1 heterocycles. The van der Waals surface area contributed by atoms with Crippen LogP contribution in [-0.4, -0.2) is 82.9 Å².